The van der Waals surface area contributed by atoms with Crippen LogP contribution in [0.25, 0.3) is 0 Å². The van der Waals surface area contributed by atoms with E-state index in [0.717, 1.165) is 39.4 Å². The summed E-state index contributed by atoms with van der Waals surface area (Å²) in [5.74, 6) is -0.731. The topological polar surface area (TPSA) is 53.0 Å². The van der Waals surface area contributed by atoms with Gasteiger partial charge in [0.25, 0.3) is 0 Å². The second-order valence-electron chi connectivity index (χ2n) is 3.89. The molecule has 0 aliphatic carbocycles. The molecule has 0 spiro atoms. The predicted octanol–water partition coefficient (Wildman–Crippen LogP) is -0.913. The molecule has 80 valence electrons. The molecule has 5 nitrogen and oxygen atoms in total. The fourth-order valence-electron chi connectivity index (χ4n) is 2.04. The lowest BCUT2D eigenvalue weighted by molar-refractivity contribution is -0.140. The van der Waals surface area contributed by atoms with E-state index in [9.17, 15) is 4.79 Å². The SMILES string of the molecule is O=C(O)CN1CC(N2CCOCC2)C1. The van der Waals surface area contributed by atoms with Gasteiger partial charge in [-0.3, -0.25) is 14.6 Å². The Hall–Kier alpha value is -0.650. The van der Waals surface area contributed by atoms with E-state index in [1.165, 1.54) is 0 Å². The van der Waals surface area contributed by atoms with Crippen molar-refractivity contribution in [1.82, 2.24) is 9.80 Å². The van der Waals surface area contributed by atoms with Crippen molar-refractivity contribution in [3.05, 3.63) is 0 Å². The lowest BCUT2D eigenvalue weighted by atomic mass is 10.1. The smallest absolute Gasteiger partial charge is 0.317 e. The molecule has 1 N–H and O–H groups in total. The average molecular weight is 200 g/mol. The standard InChI is InChI=1S/C9H16N2O3/c12-9(13)7-10-5-8(6-10)11-1-3-14-4-2-11/h8H,1-7H2,(H,12,13). The number of rotatable bonds is 3. The number of nitrogens with zero attached hydrogens (tertiary/aromatic N) is 2. The summed E-state index contributed by atoms with van der Waals surface area (Å²) in [5, 5.41) is 8.57. The normalized spacial score (nSPS) is 26.0. The summed E-state index contributed by atoms with van der Waals surface area (Å²) >= 11 is 0. The molecule has 0 bridgehead atoms. The molecule has 0 saturated carbocycles. The maximum absolute atomic E-state index is 10.4. The van der Waals surface area contributed by atoms with Crippen LogP contribution in [0.3, 0.4) is 0 Å². The Labute approximate surface area is 83.2 Å². The van der Waals surface area contributed by atoms with Crippen molar-refractivity contribution in [3.8, 4) is 0 Å². The molecule has 5 heteroatoms. The summed E-state index contributed by atoms with van der Waals surface area (Å²) in [7, 11) is 0. The van der Waals surface area contributed by atoms with Gasteiger partial charge in [-0.15, -0.1) is 0 Å². The first-order chi connectivity index (χ1) is 6.75. The third kappa shape index (κ3) is 2.23. The van der Waals surface area contributed by atoms with Crippen LogP contribution in [-0.2, 0) is 9.53 Å². The highest BCUT2D eigenvalue weighted by Gasteiger charge is 2.33. The first-order valence-corrected chi connectivity index (χ1v) is 5.01. The molecule has 2 aliphatic heterocycles. The quantitative estimate of drug-likeness (QED) is 0.639. The van der Waals surface area contributed by atoms with Crippen molar-refractivity contribution in [1.29, 1.82) is 0 Å². The highest BCUT2D eigenvalue weighted by Crippen LogP contribution is 2.15. The van der Waals surface area contributed by atoms with E-state index < -0.39 is 5.97 Å². The molecule has 0 atom stereocenters. The molecule has 0 aromatic rings. The van der Waals surface area contributed by atoms with Crippen LogP contribution in [0, 0.1) is 0 Å². The van der Waals surface area contributed by atoms with E-state index >= 15 is 0 Å². The zero-order valence-electron chi connectivity index (χ0n) is 8.19. The number of carbonyl (C=O) groups is 1. The molecule has 2 heterocycles. The molecule has 0 aromatic carbocycles. The van der Waals surface area contributed by atoms with Gasteiger partial charge in [0.1, 0.15) is 0 Å². The summed E-state index contributed by atoms with van der Waals surface area (Å²) in [6.45, 7) is 5.58. The van der Waals surface area contributed by atoms with E-state index in [1.807, 2.05) is 4.90 Å². The fraction of sp³-hybridized carbons (Fsp3) is 0.889. The molecular weight excluding hydrogens is 184 g/mol. The van der Waals surface area contributed by atoms with Crippen LogP contribution in [0.5, 0.6) is 0 Å². The summed E-state index contributed by atoms with van der Waals surface area (Å²) in [6, 6.07) is 0.554. The van der Waals surface area contributed by atoms with Crippen LogP contribution in [0.15, 0.2) is 0 Å². The monoisotopic (exact) mass is 200 g/mol. The first-order valence-electron chi connectivity index (χ1n) is 5.01. The minimum Gasteiger partial charge on any atom is -0.480 e. The minimum absolute atomic E-state index is 0.181. The number of hydrogen-bond acceptors (Lipinski definition) is 4. The highest BCUT2D eigenvalue weighted by atomic mass is 16.5. The number of morpholine rings is 1. The van der Waals surface area contributed by atoms with Crippen molar-refractivity contribution >= 4 is 5.97 Å². The largest absolute Gasteiger partial charge is 0.480 e. The van der Waals surface area contributed by atoms with E-state index in [1.54, 1.807) is 0 Å². The number of carboxylic acid groups (broad SMARTS) is 1. The van der Waals surface area contributed by atoms with Gasteiger partial charge < -0.3 is 9.84 Å². The average Bonchev–Trinajstić information content (AvgIpc) is 2.12. The maximum atomic E-state index is 10.4. The molecule has 2 saturated heterocycles. The second kappa shape index (κ2) is 4.25. The second-order valence-corrected chi connectivity index (χ2v) is 3.89. The third-order valence-electron chi connectivity index (χ3n) is 2.86. The van der Waals surface area contributed by atoms with Crippen molar-refractivity contribution in [2.45, 2.75) is 6.04 Å². The summed E-state index contributed by atoms with van der Waals surface area (Å²) < 4.78 is 5.26. The Morgan fingerprint density at radius 2 is 2.00 bits per heavy atom. The number of likely N-dealkylation sites (tertiary alicyclic amines) is 1. The molecule has 2 rings (SSSR count). The Kier molecular flexibility index (Phi) is 3.00. The lowest BCUT2D eigenvalue weighted by Crippen LogP contribution is -2.62. The van der Waals surface area contributed by atoms with Gasteiger partial charge in [0, 0.05) is 32.2 Å². The van der Waals surface area contributed by atoms with E-state index in [-0.39, 0.29) is 6.54 Å². The van der Waals surface area contributed by atoms with Crippen LogP contribution in [0.1, 0.15) is 0 Å². The van der Waals surface area contributed by atoms with Crippen LogP contribution >= 0.6 is 0 Å². The fourth-order valence-corrected chi connectivity index (χ4v) is 2.04. The van der Waals surface area contributed by atoms with E-state index in [4.69, 9.17) is 9.84 Å². The molecule has 2 fully saturated rings. The van der Waals surface area contributed by atoms with Gasteiger partial charge in [0.15, 0.2) is 0 Å². The number of carboxylic acids is 1. The van der Waals surface area contributed by atoms with E-state index in [0.29, 0.717) is 6.04 Å². The van der Waals surface area contributed by atoms with Gasteiger partial charge in [0.05, 0.1) is 19.8 Å². The van der Waals surface area contributed by atoms with Crippen molar-refractivity contribution in [2.24, 2.45) is 0 Å². The Morgan fingerprint density at radius 3 is 2.57 bits per heavy atom. The Balaban J connectivity index is 1.68. The van der Waals surface area contributed by atoms with Crippen molar-refractivity contribution < 1.29 is 14.6 Å². The van der Waals surface area contributed by atoms with Gasteiger partial charge in [-0.05, 0) is 0 Å². The molecule has 2 aliphatic rings. The lowest BCUT2D eigenvalue weighted by Gasteiger charge is -2.45. The maximum Gasteiger partial charge on any atom is 0.317 e. The Bertz CT molecular complexity index is 210. The van der Waals surface area contributed by atoms with E-state index in [2.05, 4.69) is 4.90 Å². The summed E-state index contributed by atoms with van der Waals surface area (Å²) in [5.41, 5.74) is 0. The summed E-state index contributed by atoms with van der Waals surface area (Å²) in [4.78, 5) is 14.8. The number of aliphatic carboxylic acids is 1. The third-order valence-corrected chi connectivity index (χ3v) is 2.86. The van der Waals surface area contributed by atoms with Gasteiger partial charge >= 0.3 is 5.97 Å². The summed E-state index contributed by atoms with van der Waals surface area (Å²) in [6.07, 6.45) is 0. The van der Waals surface area contributed by atoms with Crippen LogP contribution < -0.4 is 0 Å². The molecule has 0 unspecified atom stereocenters. The predicted molar refractivity (Wildman–Crippen MR) is 50.3 cm³/mol. The van der Waals surface area contributed by atoms with Gasteiger partial charge in [-0.2, -0.15) is 0 Å². The van der Waals surface area contributed by atoms with Crippen LogP contribution in [0.2, 0.25) is 0 Å². The zero-order valence-corrected chi connectivity index (χ0v) is 8.19. The van der Waals surface area contributed by atoms with Crippen molar-refractivity contribution in [3.63, 3.8) is 0 Å². The molecular formula is C9H16N2O3. The highest BCUT2D eigenvalue weighted by molar-refractivity contribution is 5.69. The van der Waals surface area contributed by atoms with Gasteiger partial charge in [-0.1, -0.05) is 0 Å². The van der Waals surface area contributed by atoms with Gasteiger partial charge in [0.2, 0.25) is 0 Å². The number of ether oxygens (including phenoxy) is 1. The molecule has 0 radical (unpaired) electrons. The van der Waals surface area contributed by atoms with Gasteiger partial charge in [-0.25, -0.2) is 0 Å². The molecule has 0 aromatic heterocycles. The number of hydrogen-bond donors (Lipinski definition) is 1. The van der Waals surface area contributed by atoms with Crippen LogP contribution in [-0.4, -0.2) is 72.9 Å². The van der Waals surface area contributed by atoms with Crippen LogP contribution in [0.4, 0.5) is 0 Å². The molecule has 0 amide bonds. The zero-order chi connectivity index (χ0) is 9.97. The minimum atomic E-state index is -0.731. The Morgan fingerprint density at radius 1 is 1.36 bits per heavy atom. The molecule has 14 heavy (non-hydrogen) atoms. The van der Waals surface area contributed by atoms with Crippen molar-refractivity contribution in [2.75, 3.05) is 45.9 Å². The first kappa shape index (κ1) is 9.89.